The average Bonchev–Trinajstić information content (AvgIpc) is 2.31. The van der Waals surface area contributed by atoms with Crippen molar-refractivity contribution in [2.75, 3.05) is 0 Å². The lowest BCUT2D eigenvalue weighted by Gasteiger charge is -2.08. The number of phenolic OH excluding ortho intramolecular Hbond substituents is 3. The molecule has 0 fully saturated rings. The number of halogens is 1. The fourth-order valence-corrected chi connectivity index (χ4v) is 1.70. The van der Waals surface area contributed by atoms with Crippen LogP contribution in [-0.2, 0) is 0 Å². The molecule has 94 valence electrons. The van der Waals surface area contributed by atoms with Crippen LogP contribution in [0.4, 0.5) is 0 Å². The molecule has 0 amide bonds. The number of aromatic hydroxyl groups is 3. The maximum absolute atomic E-state index is 11.7. The van der Waals surface area contributed by atoms with Crippen LogP contribution in [0, 0.1) is 0 Å². The monoisotopic (exact) mass is 258 g/mol. The van der Waals surface area contributed by atoms with Gasteiger partial charge in [-0.25, -0.2) is 0 Å². The van der Waals surface area contributed by atoms with Crippen LogP contribution >= 0.6 is 11.6 Å². The molecule has 0 saturated heterocycles. The van der Waals surface area contributed by atoms with Crippen molar-refractivity contribution < 1.29 is 20.1 Å². The Bertz CT molecular complexity index is 429. The molecule has 1 rings (SSSR count). The van der Waals surface area contributed by atoms with Crippen molar-refractivity contribution in [3.63, 3.8) is 0 Å². The first-order chi connectivity index (χ1) is 7.99. The van der Waals surface area contributed by atoms with Crippen LogP contribution in [-0.4, -0.2) is 21.1 Å². The molecular formula is C12H15ClO4. The number of carbonyl (C=O) groups is 1. The SMILES string of the molecule is CCCCCC(=O)c1cc(Cl)c(O)c(O)c1O. The molecule has 0 spiro atoms. The molecule has 0 aliphatic rings. The molecule has 17 heavy (non-hydrogen) atoms. The highest BCUT2D eigenvalue weighted by Crippen LogP contribution is 2.43. The molecule has 0 bridgehead atoms. The first kappa shape index (κ1) is 13.6. The summed E-state index contributed by atoms with van der Waals surface area (Å²) in [5.74, 6) is -2.29. The number of ketones is 1. The molecule has 0 unspecified atom stereocenters. The van der Waals surface area contributed by atoms with Crippen molar-refractivity contribution in [2.45, 2.75) is 32.6 Å². The number of carbonyl (C=O) groups excluding carboxylic acids is 1. The molecule has 0 saturated carbocycles. The maximum Gasteiger partial charge on any atom is 0.202 e. The van der Waals surface area contributed by atoms with Crippen LogP contribution in [0.25, 0.3) is 0 Å². The van der Waals surface area contributed by atoms with Crippen LogP contribution in [0.3, 0.4) is 0 Å². The Balaban J connectivity index is 2.94. The van der Waals surface area contributed by atoms with Crippen LogP contribution in [0.2, 0.25) is 5.02 Å². The summed E-state index contributed by atoms with van der Waals surface area (Å²) in [6.07, 6.45) is 2.90. The van der Waals surface area contributed by atoms with E-state index < -0.39 is 17.2 Å². The Kier molecular flexibility index (Phi) is 4.63. The minimum absolute atomic E-state index is 0.0543. The predicted molar refractivity (Wildman–Crippen MR) is 64.9 cm³/mol. The zero-order chi connectivity index (χ0) is 13.0. The fraction of sp³-hybridized carbons (Fsp3) is 0.417. The lowest BCUT2D eigenvalue weighted by Crippen LogP contribution is -2.00. The topological polar surface area (TPSA) is 77.8 Å². The highest BCUT2D eigenvalue weighted by atomic mass is 35.5. The summed E-state index contributed by atoms with van der Waals surface area (Å²) in [6.45, 7) is 2.02. The molecule has 1 aromatic rings. The molecule has 0 aliphatic carbocycles. The van der Waals surface area contributed by atoms with E-state index in [1.54, 1.807) is 0 Å². The van der Waals surface area contributed by atoms with Crippen molar-refractivity contribution in [1.29, 1.82) is 0 Å². The number of hydrogen-bond acceptors (Lipinski definition) is 4. The Hall–Kier alpha value is -1.42. The number of hydrogen-bond donors (Lipinski definition) is 3. The summed E-state index contributed by atoms with van der Waals surface area (Å²) in [5, 5.41) is 28.0. The van der Waals surface area contributed by atoms with Gasteiger partial charge in [-0.3, -0.25) is 4.79 Å². The van der Waals surface area contributed by atoms with Crippen LogP contribution in [0.5, 0.6) is 17.2 Å². The first-order valence-corrected chi connectivity index (χ1v) is 5.83. The summed E-state index contributed by atoms with van der Waals surface area (Å²) >= 11 is 5.62. The first-order valence-electron chi connectivity index (χ1n) is 5.45. The van der Waals surface area contributed by atoms with Gasteiger partial charge < -0.3 is 15.3 Å². The zero-order valence-corrected chi connectivity index (χ0v) is 10.3. The lowest BCUT2D eigenvalue weighted by atomic mass is 10.0. The van der Waals surface area contributed by atoms with Gasteiger partial charge in [0.15, 0.2) is 17.3 Å². The van der Waals surface area contributed by atoms with Crippen molar-refractivity contribution in [2.24, 2.45) is 0 Å². The van der Waals surface area contributed by atoms with E-state index in [1.807, 2.05) is 6.92 Å². The summed E-state index contributed by atoms with van der Waals surface area (Å²) < 4.78 is 0. The Labute approximate surface area is 104 Å². The van der Waals surface area contributed by atoms with Gasteiger partial charge in [0.1, 0.15) is 0 Å². The Morgan fingerprint density at radius 2 is 1.82 bits per heavy atom. The zero-order valence-electron chi connectivity index (χ0n) is 9.53. The average molecular weight is 259 g/mol. The van der Waals surface area contributed by atoms with E-state index >= 15 is 0 Å². The van der Waals surface area contributed by atoms with Gasteiger partial charge >= 0.3 is 0 Å². The van der Waals surface area contributed by atoms with E-state index in [-0.39, 0.29) is 22.8 Å². The second kappa shape index (κ2) is 5.77. The van der Waals surface area contributed by atoms with Crippen LogP contribution in [0.1, 0.15) is 43.0 Å². The second-order valence-corrected chi connectivity index (χ2v) is 4.24. The number of benzene rings is 1. The third-order valence-corrected chi connectivity index (χ3v) is 2.80. The molecule has 0 heterocycles. The minimum Gasteiger partial charge on any atom is -0.504 e. The van der Waals surface area contributed by atoms with Gasteiger partial charge in [-0.15, -0.1) is 0 Å². The summed E-state index contributed by atoms with van der Waals surface area (Å²) in [5.41, 5.74) is -0.0543. The molecule has 0 radical (unpaired) electrons. The van der Waals surface area contributed by atoms with Gasteiger partial charge in [-0.1, -0.05) is 31.4 Å². The largest absolute Gasteiger partial charge is 0.504 e. The number of rotatable bonds is 5. The molecule has 0 aliphatic heterocycles. The van der Waals surface area contributed by atoms with Gasteiger partial charge in [-0.2, -0.15) is 0 Å². The van der Waals surface area contributed by atoms with E-state index in [9.17, 15) is 20.1 Å². The van der Waals surface area contributed by atoms with E-state index in [1.165, 1.54) is 6.07 Å². The van der Waals surface area contributed by atoms with E-state index in [0.717, 1.165) is 12.8 Å². The molecule has 0 aromatic heterocycles. The van der Waals surface area contributed by atoms with E-state index in [4.69, 9.17) is 11.6 Å². The fourth-order valence-electron chi connectivity index (χ4n) is 1.50. The van der Waals surface area contributed by atoms with Gasteiger partial charge in [0.2, 0.25) is 5.75 Å². The molecule has 3 N–H and O–H groups in total. The third-order valence-electron chi connectivity index (χ3n) is 2.51. The lowest BCUT2D eigenvalue weighted by molar-refractivity contribution is 0.0976. The minimum atomic E-state index is -0.753. The number of unbranched alkanes of at least 4 members (excludes halogenated alkanes) is 2. The Morgan fingerprint density at radius 1 is 1.18 bits per heavy atom. The van der Waals surface area contributed by atoms with Crippen molar-refractivity contribution >= 4 is 17.4 Å². The van der Waals surface area contributed by atoms with Crippen molar-refractivity contribution in [3.05, 3.63) is 16.7 Å². The maximum atomic E-state index is 11.7. The highest BCUT2D eigenvalue weighted by Gasteiger charge is 2.19. The normalized spacial score (nSPS) is 10.5. The molecule has 4 nitrogen and oxygen atoms in total. The van der Waals surface area contributed by atoms with Crippen LogP contribution < -0.4 is 0 Å². The molecular weight excluding hydrogens is 244 g/mol. The molecule has 1 aromatic carbocycles. The third kappa shape index (κ3) is 3.03. The number of phenols is 3. The molecule has 0 atom stereocenters. The van der Waals surface area contributed by atoms with Crippen molar-refractivity contribution in [3.8, 4) is 17.2 Å². The predicted octanol–water partition coefficient (Wildman–Crippen LogP) is 3.22. The summed E-state index contributed by atoms with van der Waals surface area (Å²) in [6, 6.07) is 1.17. The van der Waals surface area contributed by atoms with E-state index in [2.05, 4.69) is 0 Å². The van der Waals surface area contributed by atoms with Gasteiger partial charge in [-0.05, 0) is 12.5 Å². The van der Waals surface area contributed by atoms with Gasteiger partial charge in [0, 0.05) is 6.42 Å². The van der Waals surface area contributed by atoms with Gasteiger partial charge in [0.25, 0.3) is 0 Å². The highest BCUT2D eigenvalue weighted by molar-refractivity contribution is 6.32. The van der Waals surface area contributed by atoms with Crippen molar-refractivity contribution in [1.82, 2.24) is 0 Å². The Morgan fingerprint density at radius 3 is 2.41 bits per heavy atom. The second-order valence-electron chi connectivity index (χ2n) is 3.83. The quantitative estimate of drug-likeness (QED) is 0.430. The summed E-state index contributed by atoms with van der Waals surface area (Å²) in [4.78, 5) is 11.7. The van der Waals surface area contributed by atoms with Crippen LogP contribution in [0.15, 0.2) is 6.07 Å². The van der Waals surface area contributed by atoms with Gasteiger partial charge in [0.05, 0.1) is 10.6 Å². The number of Topliss-reactive ketones (excluding diaryl/α,β-unsaturated/α-hetero) is 1. The standard InChI is InChI=1S/C12H15ClO4/c1-2-3-4-5-9(14)7-6-8(13)11(16)12(17)10(7)15/h6,15-17H,2-5H2,1H3. The molecule has 5 heteroatoms. The summed E-state index contributed by atoms with van der Waals surface area (Å²) in [7, 11) is 0. The van der Waals surface area contributed by atoms with E-state index in [0.29, 0.717) is 6.42 Å². The smallest absolute Gasteiger partial charge is 0.202 e.